The zero-order chi connectivity index (χ0) is 17.5. The minimum atomic E-state index is -0.773. The lowest BCUT2D eigenvalue weighted by molar-refractivity contribution is -0.136. The van der Waals surface area contributed by atoms with Crippen LogP contribution in [0.15, 0.2) is 41.0 Å². The van der Waals surface area contributed by atoms with Crippen LogP contribution in [0.5, 0.6) is 11.5 Å². The van der Waals surface area contributed by atoms with Crippen molar-refractivity contribution < 1.29 is 23.5 Å². The highest BCUT2D eigenvalue weighted by molar-refractivity contribution is 6.39. The molecule has 2 rings (SSSR count). The fourth-order valence-corrected chi connectivity index (χ4v) is 2.15. The SMILES string of the molecule is COc1ccc(NC(=O)C(=O)NC(C)Cc2ccco2)c(OC)c1. The molecule has 0 spiro atoms. The highest BCUT2D eigenvalue weighted by atomic mass is 16.5. The van der Waals surface area contributed by atoms with E-state index in [9.17, 15) is 9.59 Å². The number of methoxy groups -OCH3 is 2. The Bertz CT molecular complexity index is 697. The number of amides is 2. The molecular weight excluding hydrogens is 312 g/mol. The predicted octanol–water partition coefficient (Wildman–Crippen LogP) is 1.98. The second-order valence-corrected chi connectivity index (χ2v) is 5.18. The van der Waals surface area contributed by atoms with Crippen LogP contribution in [0.2, 0.25) is 0 Å². The normalized spacial score (nSPS) is 11.5. The van der Waals surface area contributed by atoms with Crippen LogP contribution >= 0.6 is 0 Å². The van der Waals surface area contributed by atoms with Crippen LogP contribution in [0.3, 0.4) is 0 Å². The number of carbonyl (C=O) groups is 2. The Kier molecular flexibility index (Phi) is 5.83. The molecule has 7 heteroatoms. The average molecular weight is 332 g/mol. The Labute approximate surface area is 139 Å². The smallest absolute Gasteiger partial charge is 0.313 e. The standard InChI is InChI=1S/C17H20N2O5/c1-11(9-13-5-4-8-24-13)18-16(20)17(21)19-14-7-6-12(22-2)10-15(14)23-3/h4-8,10-11H,9H2,1-3H3,(H,18,20)(H,19,21). The molecule has 7 nitrogen and oxygen atoms in total. The van der Waals surface area contributed by atoms with Gasteiger partial charge in [-0.25, -0.2) is 0 Å². The molecule has 2 amide bonds. The highest BCUT2D eigenvalue weighted by Gasteiger charge is 2.18. The van der Waals surface area contributed by atoms with Crippen molar-refractivity contribution >= 4 is 17.5 Å². The van der Waals surface area contributed by atoms with Crippen LogP contribution in [-0.4, -0.2) is 32.1 Å². The Hall–Kier alpha value is -2.96. The number of furan rings is 1. The lowest BCUT2D eigenvalue weighted by atomic mass is 10.2. The minimum absolute atomic E-state index is 0.243. The average Bonchev–Trinajstić information content (AvgIpc) is 3.07. The molecule has 1 aromatic carbocycles. The Balaban J connectivity index is 1.95. The van der Waals surface area contributed by atoms with Gasteiger partial charge in [-0.05, 0) is 31.2 Å². The van der Waals surface area contributed by atoms with Crippen LogP contribution in [0.4, 0.5) is 5.69 Å². The third-order valence-corrected chi connectivity index (χ3v) is 3.33. The molecule has 0 bridgehead atoms. The maximum absolute atomic E-state index is 12.0. The summed E-state index contributed by atoms with van der Waals surface area (Å²) in [6, 6.07) is 8.22. The molecule has 24 heavy (non-hydrogen) atoms. The van der Waals surface area contributed by atoms with Gasteiger partial charge in [-0.2, -0.15) is 0 Å². The molecule has 0 aliphatic carbocycles. The summed E-state index contributed by atoms with van der Waals surface area (Å²) in [5, 5.41) is 5.14. The number of hydrogen-bond acceptors (Lipinski definition) is 5. The van der Waals surface area contributed by atoms with E-state index in [1.165, 1.54) is 14.2 Å². The topological polar surface area (TPSA) is 89.8 Å². The summed E-state index contributed by atoms with van der Waals surface area (Å²) in [4.78, 5) is 24.0. The summed E-state index contributed by atoms with van der Waals surface area (Å²) in [7, 11) is 3.00. The molecule has 1 aromatic heterocycles. The van der Waals surface area contributed by atoms with Crippen molar-refractivity contribution in [1.29, 1.82) is 0 Å². The summed E-state index contributed by atoms with van der Waals surface area (Å²) >= 11 is 0. The summed E-state index contributed by atoms with van der Waals surface area (Å²) in [6.07, 6.45) is 2.06. The van der Waals surface area contributed by atoms with Crippen LogP contribution in [0, 0.1) is 0 Å². The molecule has 0 aliphatic rings. The molecule has 1 heterocycles. The second kappa shape index (κ2) is 8.05. The quantitative estimate of drug-likeness (QED) is 0.790. The molecule has 2 aromatic rings. The van der Waals surface area contributed by atoms with Crippen molar-refractivity contribution in [2.45, 2.75) is 19.4 Å². The second-order valence-electron chi connectivity index (χ2n) is 5.18. The Morgan fingerprint density at radius 2 is 1.96 bits per heavy atom. The van der Waals surface area contributed by atoms with Gasteiger partial charge in [0, 0.05) is 18.5 Å². The van der Waals surface area contributed by atoms with Gasteiger partial charge in [-0.3, -0.25) is 9.59 Å². The van der Waals surface area contributed by atoms with Gasteiger partial charge in [-0.1, -0.05) is 0 Å². The fraction of sp³-hybridized carbons (Fsp3) is 0.294. The van der Waals surface area contributed by atoms with Gasteiger partial charge in [0.05, 0.1) is 26.2 Å². The number of benzene rings is 1. The van der Waals surface area contributed by atoms with E-state index < -0.39 is 11.8 Å². The highest BCUT2D eigenvalue weighted by Crippen LogP contribution is 2.28. The van der Waals surface area contributed by atoms with Gasteiger partial charge in [0.2, 0.25) is 0 Å². The van der Waals surface area contributed by atoms with E-state index in [0.717, 1.165) is 5.76 Å². The first kappa shape index (κ1) is 17.4. The fourth-order valence-electron chi connectivity index (χ4n) is 2.15. The van der Waals surface area contributed by atoms with E-state index in [2.05, 4.69) is 10.6 Å². The van der Waals surface area contributed by atoms with Crippen molar-refractivity contribution in [3.8, 4) is 11.5 Å². The summed E-state index contributed by atoms with van der Waals surface area (Å²) in [6.45, 7) is 1.79. The third-order valence-electron chi connectivity index (χ3n) is 3.33. The van der Waals surface area contributed by atoms with Crippen molar-refractivity contribution in [2.75, 3.05) is 19.5 Å². The van der Waals surface area contributed by atoms with Crippen molar-refractivity contribution in [2.24, 2.45) is 0 Å². The van der Waals surface area contributed by atoms with E-state index >= 15 is 0 Å². The largest absolute Gasteiger partial charge is 0.497 e. The van der Waals surface area contributed by atoms with Crippen LogP contribution in [-0.2, 0) is 16.0 Å². The van der Waals surface area contributed by atoms with E-state index in [1.807, 2.05) is 6.07 Å². The number of anilines is 1. The molecule has 0 fully saturated rings. The number of rotatable bonds is 6. The van der Waals surface area contributed by atoms with Gasteiger partial charge in [0.25, 0.3) is 0 Å². The zero-order valence-corrected chi connectivity index (χ0v) is 13.8. The maximum Gasteiger partial charge on any atom is 0.313 e. The van der Waals surface area contributed by atoms with Gasteiger partial charge in [0.1, 0.15) is 17.3 Å². The number of ether oxygens (including phenoxy) is 2. The van der Waals surface area contributed by atoms with Crippen molar-refractivity contribution in [3.05, 3.63) is 42.4 Å². The van der Waals surface area contributed by atoms with Crippen molar-refractivity contribution in [3.63, 3.8) is 0 Å². The van der Waals surface area contributed by atoms with Gasteiger partial charge in [0.15, 0.2) is 0 Å². The van der Waals surface area contributed by atoms with Crippen molar-refractivity contribution in [1.82, 2.24) is 5.32 Å². The van der Waals surface area contributed by atoms with E-state index in [4.69, 9.17) is 13.9 Å². The van der Waals surface area contributed by atoms with Crippen LogP contribution < -0.4 is 20.1 Å². The predicted molar refractivity (Wildman–Crippen MR) is 88.2 cm³/mol. The number of hydrogen-bond donors (Lipinski definition) is 2. The lowest BCUT2D eigenvalue weighted by Gasteiger charge is -2.14. The molecule has 0 aliphatic heterocycles. The molecule has 0 saturated heterocycles. The lowest BCUT2D eigenvalue weighted by Crippen LogP contribution is -2.41. The zero-order valence-electron chi connectivity index (χ0n) is 13.8. The Morgan fingerprint density at radius 3 is 2.58 bits per heavy atom. The summed E-state index contributed by atoms with van der Waals surface area (Å²) in [5.74, 6) is 0.220. The molecular formula is C17H20N2O5. The van der Waals surface area contributed by atoms with E-state index in [1.54, 1.807) is 37.5 Å². The minimum Gasteiger partial charge on any atom is -0.497 e. The first-order valence-electron chi connectivity index (χ1n) is 7.39. The molecule has 1 unspecified atom stereocenters. The van der Waals surface area contributed by atoms with Gasteiger partial charge >= 0.3 is 11.8 Å². The third kappa shape index (κ3) is 4.52. The van der Waals surface area contributed by atoms with Gasteiger partial charge < -0.3 is 24.5 Å². The summed E-state index contributed by atoms with van der Waals surface area (Å²) < 4.78 is 15.5. The van der Waals surface area contributed by atoms with Crippen LogP contribution in [0.1, 0.15) is 12.7 Å². The summed E-state index contributed by atoms with van der Waals surface area (Å²) in [5.41, 5.74) is 0.386. The molecule has 0 saturated carbocycles. The number of carbonyl (C=O) groups excluding carboxylic acids is 2. The monoisotopic (exact) mass is 332 g/mol. The van der Waals surface area contributed by atoms with Gasteiger partial charge in [-0.15, -0.1) is 0 Å². The molecule has 1 atom stereocenters. The van der Waals surface area contributed by atoms with E-state index in [0.29, 0.717) is 23.6 Å². The molecule has 0 radical (unpaired) electrons. The molecule has 2 N–H and O–H groups in total. The first-order chi connectivity index (χ1) is 11.5. The number of nitrogens with one attached hydrogen (secondary N) is 2. The first-order valence-corrected chi connectivity index (χ1v) is 7.39. The van der Waals surface area contributed by atoms with Crippen LogP contribution in [0.25, 0.3) is 0 Å². The van der Waals surface area contributed by atoms with E-state index in [-0.39, 0.29) is 6.04 Å². The Morgan fingerprint density at radius 1 is 1.17 bits per heavy atom. The molecule has 128 valence electrons. The maximum atomic E-state index is 12.0.